The van der Waals surface area contributed by atoms with Crippen molar-refractivity contribution in [1.29, 1.82) is 0 Å². The molecule has 0 aliphatic heterocycles. The van der Waals surface area contributed by atoms with Gasteiger partial charge in [0.05, 0.1) is 0 Å². The summed E-state index contributed by atoms with van der Waals surface area (Å²) in [6, 6.07) is -0.515. The van der Waals surface area contributed by atoms with Crippen molar-refractivity contribution in [2.24, 2.45) is 0 Å². The van der Waals surface area contributed by atoms with Crippen molar-refractivity contribution in [3.05, 3.63) is 12.2 Å². The maximum atomic E-state index is 10.1. The molecule has 0 amide bonds. The highest BCUT2D eigenvalue weighted by Gasteiger charge is 2.10. The quantitative estimate of drug-likeness (QED) is 0.348. The average Bonchev–Trinajstić information content (AvgIpc) is 2.17. The fraction of sp³-hybridized carbons (Fsp3) is 0.375. The molecule has 0 spiro atoms. The van der Waals surface area contributed by atoms with Crippen molar-refractivity contribution in [3.8, 4) is 0 Å². The van der Waals surface area contributed by atoms with E-state index in [-0.39, 0.29) is 12.4 Å². The molecule has 0 aliphatic rings. The van der Waals surface area contributed by atoms with Gasteiger partial charge >= 0.3 is 17.9 Å². The van der Waals surface area contributed by atoms with Gasteiger partial charge in [-0.3, -0.25) is 4.79 Å². The van der Waals surface area contributed by atoms with Gasteiger partial charge < -0.3 is 20.6 Å². The lowest BCUT2D eigenvalue weighted by molar-refractivity contribution is -0.138. The predicted molar refractivity (Wildman–Crippen MR) is 66.0 cm³/mol. The van der Waals surface area contributed by atoms with Crippen LogP contribution in [-0.4, -0.2) is 52.1 Å². The molecule has 7 nitrogen and oxygen atoms in total. The monoisotopic (exact) mass is 287 g/mol. The van der Waals surface area contributed by atoms with Crippen LogP contribution in [0.5, 0.6) is 0 Å². The molecule has 4 N–H and O–H groups in total. The Morgan fingerprint density at radius 1 is 1.18 bits per heavy atom. The summed E-state index contributed by atoms with van der Waals surface area (Å²) < 4.78 is 0. The van der Waals surface area contributed by atoms with E-state index in [1.807, 2.05) is 0 Å². The molecular weight excluding hydrogens is 274 g/mol. The first kappa shape index (κ1) is 21.1. The van der Waals surface area contributed by atoms with E-state index < -0.39 is 23.9 Å². The highest BCUT2D eigenvalue weighted by molar-refractivity contribution is 7.80. The molecule has 9 heteroatoms. The van der Waals surface area contributed by atoms with E-state index in [0.717, 1.165) is 0 Å². The minimum absolute atomic E-state index is 0. The number of carboxylic acid groups (broad SMARTS) is 3. The molecule has 0 unspecified atom stereocenters. The van der Waals surface area contributed by atoms with Crippen molar-refractivity contribution in [2.45, 2.75) is 6.04 Å². The topological polar surface area (TPSA) is 124 Å². The summed E-state index contributed by atoms with van der Waals surface area (Å²) in [5, 5.41) is 26.5. The van der Waals surface area contributed by atoms with Crippen molar-refractivity contribution in [1.82, 2.24) is 5.32 Å². The Kier molecular flexibility index (Phi) is 15.9. The van der Waals surface area contributed by atoms with Gasteiger partial charge in [-0.05, 0) is 7.05 Å². The molecule has 0 aromatic carbocycles. The molecule has 1 atom stereocenters. The van der Waals surface area contributed by atoms with Crippen molar-refractivity contribution >= 4 is 42.9 Å². The van der Waals surface area contributed by atoms with E-state index in [1.165, 1.54) is 0 Å². The summed E-state index contributed by atoms with van der Waals surface area (Å²) in [7, 11) is 1.59. The SMILES string of the molecule is CN[C@@H](CS)C(=O)O.Cl.O=C(O)C=CC(=O)O. The highest BCUT2D eigenvalue weighted by atomic mass is 35.5. The van der Waals surface area contributed by atoms with Crippen LogP contribution in [0, 0.1) is 0 Å². The first-order valence-corrected chi connectivity index (χ1v) is 4.63. The molecule has 100 valence electrons. The standard InChI is InChI=1S/C4H9NO2S.C4H4O4.ClH/c1-5-3(2-8)4(6)7;5-3(6)1-2-4(7)8;/h3,5,8H,2H2,1H3,(H,6,7);1-2H,(H,5,6)(H,7,8);1H/t3-;;/m0../s1. The van der Waals surface area contributed by atoms with Crippen LogP contribution in [-0.2, 0) is 14.4 Å². The zero-order valence-corrected chi connectivity index (χ0v) is 10.6. The minimum Gasteiger partial charge on any atom is -0.480 e. The summed E-state index contributed by atoms with van der Waals surface area (Å²) in [6.45, 7) is 0. The normalized spacial score (nSPS) is 10.7. The molecule has 0 fully saturated rings. The van der Waals surface area contributed by atoms with Gasteiger partial charge in [-0.2, -0.15) is 12.6 Å². The lowest BCUT2D eigenvalue weighted by atomic mass is 10.3. The lowest BCUT2D eigenvalue weighted by Crippen LogP contribution is -2.35. The molecular formula is C8H14ClNO6S. The van der Waals surface area contributed by atoms with Gasteiger partial charge in [-0.1, -0.05) is 0 Å². The van der Waals surface area contributed by atoms with Crippen molar-refractivity contribution in [2.75, 3.05) is 12.8 Å². The number of aliphatic carboxylic acids is 3. The van der Waals surface area contributed by atoms with Crippen LogP contribution in [0.25, 0.3) is 0 Å². The predicted octanol–water partition coefficient (Wildman–Crippen LogP) is -0.278. The fourth-order valence-electron chi connectivity index (χ4n) is 0.435. The van der Waals surface area contributed by atoms with Gasteiger partial charge in [0, 0.05) is 17.9 Å². The first-order valence-electron chi connectivity index (χ1n) is 4.00. The number of hydrogen-bond donors (Lipinski definition) is 5. The van der Waals surface area contributed by atoms with E-state index in [9.17, 15) is 14.4 Å². The maximum Gasteiger partial charge on any atom is 0.328 e. The third-order valence-corrected chi connectivity index (χ3v) is 1.56. The molecule has 0 aromatic rings. The second-order valence-corrected chi connectivity index (χ2v) is 2.74. The Balaban J connectivity index is -0.000000218. The van der Waals surface area contributed by atoms with Crippen molar-refractivity contribution in [3.63, 3.8) is 0 Å². The van der Waals surface area contributed by atoms with Crippen LogP contribution in [0.1, 0.15) is 0 Å². The summed E-state index contributed by atoms with van der Waals surface area (Å²) in [6.07, 6.45) is 1.12. The van der Waals surface area contributed by atoms with Gasteiger partial charge in [0.25, 0.3) is 0 Å². The Morgan fingerprint density at radius 2 is 1.53 bits per heavy atom. The first-order chi connectivity index (χ1) is 7.34. The summed E-state index contributed by atoms with van der Waals surface area (Å²) in [5.41, 5.74) is 0. The van der Waals surface area contributed by atoms with E-state index in [4.69, 9.17) is 15.3 Å². The molecule has 0 aliphatic carbocycles. The Labute approximate surface area is 109 Å². The number of thiol groups is 1. The number of likely N-dealkylation sites (N-methyl/N-ethyl adjacent to an activating group) is 1. The molecule has 17 heavy (non-hydrogen) atoms. The third kappa shape index (κ3) is 17.4. The van der Waals surface area contributed by atoms with Crippen LogP contribution < -0.4 is 5.32 Å². The molecule has 0 rings (SSSR count). The molecule has 0 heterocycles. The van der Waals surface area contributed by atoms with Gasteiger partial charge in [-0.15, -0.1) is 12.4 Å². The Bertz CT molecular complexity index is 263. The average molecular weight is 288 g/mol. The second-order valence-electron chi connectivity index (χ2n) is 2.37. The lowest BCUT2D eigenvalue weighted by Gasteiger charge is -2.04. The van der Waals surface area contributed by atoms with E-state index in [2.05, 4.69) is 17.9 Å². The summed E-state index contributed by atoms with van der Waals surface area (Å²) in [5.74, 6) is -3.05. The van der Waals surface area contributed by atoms with E-state index in [0.29, 0.717) is 17.9 Å². The number of hydrogen-bond acceptors (Lipinski definition) is 5. The fourth-order valence-corrected chi connectivity index (χ4v) is 0.774. The Hall–Kier alpha value is -1.25. The Morgan fingerprint density at radius 3 is 1.59 bits per heavy atom. The van der Waals surface area contributed by atoms with Crippen LogP contribution in [0.4, 0.5) is 0 Å². The zero-order chi connectivity index (χ0) is 13.1. The van der Waals surface area contributed by atoms with Crippen LogP contribution in [0.2, 0.25) is 0 Å². The van der Waals surface area contributed by atoms with Gasteiger partial charge in [0.15, 0.2) is 0 Å². The maximum absolute atomic E-state index is 10.1. The second kappa shape index (κ2) is 12.8. The van der Waals surface area contributed by atoms with E-state index >= 15 is 0 Å². The molecule has 0 bridgehead atoms. The highest BCUT2D eigenvalue weighted by Crippen LogP contribution is 1.84. The van der Waals surface area contributed by atoms with Gasteiger partial charge in [-0.25, -0.2) is 9.59 Å². The number of carbonyl (C=O) groups is 3. The smallest absolute Gasteiger partial charge is 0.328 e. The van der Waals surface area contributed by atoms with Gasteiger partial charge in [0.1, 0.15) is 6.04 Å². The van der Waals surface area contributed by atoms with Gasteiger partial charge in [0.2, 0.25) is 0 Å². The minimum atomic E-state index is -1.26. The van der Waals surface area contributed by atoms with Crippen molar-refractivity contribution < 1.29 is 29.7 Å². The van der Waals surface area contributed by atoms with Crippen LogP contribution >= 0.6 is 25.0 Å². The summed E-state index contributed by atoms with van der Waals surface area (Å²) in [4.78, 5) is 29.2. The molecule has 0 aromatic heterocycles. The number of nitrogens with one attached hydrogen (secondary N) is 1. The number of carboxylic acids is 3. The largest absolute Gasteiger partial charge is 0.480 e. The molecule has 0 saturated heterocycles. The third-order valence-electron chi connectivity index (χ3n) is 1.20. The number of halogens is 1. The van der Waals surface area contributed by atoms with Crippen LogP contribution in [0.15, 0.2) is 12.2 Å². The molecule has 0 radical (unpaired) electrons. The molecule has 0 saturated carbocycles. The van der Waals surface area contributed by atoms with Crippen LogP contribution in [0.3, 0.4) is 0 Å². The summed E-state index contributed by atoms with van der Waals surface area (Å²) >= 11 is 3.79. The zero-order valence-electron chi connectivity index (χ0n) is 8.86. The van der Waals surface area contributed by atoms with E-state index in [1.54, 1.807) is 7.05 Å². The number of rotatable bonds is 5.